The Kier molecular flexibility index (Phi) is 5.26. The summed E-state index contributed by atoms with van der Waals surface area (Å²) in [7, 11) is -3.71. The summed E-state index contributed by atoms with van der Waals surface area (Å²) >= 11 is 0. The Labute approximate surface area is 195 Å². The molecule has 0 saturated carbocycles. The Hall–Kier alpha value is -3.15. The maximum atomic E-state index is 13.6. The van der Waals surface area contributed by atoms with Gasteiger partial charge in [-0.2, -0.15) is 0 Å². The lowest BCUT2D eigenvalue weighted by Gasteiger charge is -2.34. The summed E-state index contributed by atoms with van der Waals surface area (Å²) < 4.78 is 33.8. The van der Waals surface area contributed by atoms with Crippen molar-refractivity contribution < 1.29 is 13.2 Å². The Morgan fingerprint density at radius 3 is 2.18 bits per heavy atom. The first-order chi connectivity index (χ1) is 15.8. The molecule has 2 aliphatic rings. The summed E-state index contributed by atoms with van der Waals surface area (Å²) in [5.41, 5.74) is 1.24. The first-order valence-corrected chi connectivity index (χ1v) is 12.6. The Balaban J connectivity index is 1.56. The number of sulfone groups is 1. The number of aryl methyl sites for hydroxylation is 1. The molecular weight excluding hydrogens is 430 g/mol. The van der Waals surface area contributed by atoms with Gasteiger partial charge in [-0.05, 0) is 68.3 Å². The first kappa shape index (κ1) is 21.7. The van der Waals surface area contributed by atoms with Crippen molar-refractivity contribution in [3.05, 3.63) is 119 Å². The first-order valence-electron chi connectivity index (χ1n) is 11.1. The highest BCUT2D eigenvalue weighted by atomic mass is 32.2. The zero-order chi connectivity index (χ0) is 23.1. The van der Waals surface area contributed by atoms with Crippen molar-refractivity contribution in [3.63, 3.8) is 0 Å². The molecule has 2 bridgehead atoms. The van der Waals surface area contributed by atoms with Gasteiger partial charge in [-0.3, -0.25) is 0 Å². The molecular formula is C28H27NO3S. The van der Waals surface area contributed by atoms with Crippen molar-refractivity contribution >= 4 is 15.5 Å². The highest BCUT2D eigenvalue weighted by Gasteiger charge is 2.57. The molecule has 3 aromatic carbocycles. The molecule has 0 aromatic heterocycles. The second kappa shape index (κ2) is 8.01. The maximum absolute atomic E-state index is 13.6. The van der Waals surface area contributed by atoms with Gasteiger partial charge in [0.25, 0.3) is 0 Å². The Bertz CT molecular complexity index is 1270. The minimum atomic E-state index is -3.71. The lowest BCUT2D eigenvalue weighted by Crippen LogP contribution is -2.45. The van der Waals surface area contributed by atoms with E-state index in [0.29, 0.717) is 11.3 Å². The summed E-state index contributed by atoms with van der Waals surface area (Å²) in [6.07, 6.45) is 6.37. The molecule has 0 radical (unpaired) electrons. The van der Waals surface area contributed by atoms with E-state index in [1.54, 1.807) is 12.1 Å². The molecule has 33 heavy (non-hydrogen) atoms. The van der Waals surface area contributed by atoms with E-state index >= 15 is 0 Å². The molecule has 4 nitrogen and oxygen atoms in total. The highest BCUT2D eigenvalue weighted by molar-refractivity contribution is 7.95. The van der Waals surface area contributed by atoms with Crippen LogP contribution in [0.5, 0.6) is 0 Å². The summed E-state index contributed by atoms with van der Waals surface area (Å²) in [6, 6.07) is 26.9. The lowest BCUT2D eigenvalue weighted by atomic mass is 9.86. The second-order valence-electron chi connectivity index (χ2n) is 8.97. The van der Waals surface area contributed by atoms with Crippen LogP contribution >= 0.6 is 0 Å². The SMILES string of the molecule is Cc1ccc(S(=O)(=O)C2=CC3(C(Cc4ccccc4)Nc4ccccc4)C=CC2(C)O3)cc1. The van der Waals surface area contributed by atoms with Gasteiger partial charge in [-0.25, -0.2) is 8.42 Å². The van der Waals surface area contributed by atoms with Crippen LogP contribution in [0.1, 0.15) is 18.1 Å². The van der Waals surface area contributed by atoms with Crippen LogP contribution in [-0.4, -0.2) is 25.7 Å². The van der Waals surface area contributed by atoms with Crippen molar-refractivity contribution in [1.29, 1.82) is 0 Å². The zero-order valence-electron chi connectivity index (χ0n) is 18.7. The minimum Gasteiger partial charge on any atom is -0.378 e. The summed E-state index contributed by atoms with van der Waals surface area (Å²) in [4.78, 5) is 0.588. The quantitative estimate of drug-likeness (QED) is 0.478. The monoisotopic (exact) mass is 457 g/mol. The highest BCUT2D eigenvalue weighted by Crippen LogP contribution is 2.50. The molecule has 3 unspecified atom stereocenters. The van der Waals surface area contributed by atoms with E-state index in [4.69, 9.17) is 4.74 Å². The molecule has 3 atom stereocenters. The van der Waals surface area contributed by atoms with Crippen molar-refractivity contribution in [1.82, 2.24) is 0 Å². The molecule has 1 N–H and O–H groups in total. The molecule has 2 heterocycles. The normalized spacial score (nSPS) is 24.5. The standard InChI is InChI=1S/C28H27NO3S/c1-21-13-15-24(16-14-21)33(30,31)26-20-28(18-17-27(26,2)32-28)25(19-22-9-5-3-6-10-22)29-23-11-7-4-8-12-23/h3-18,20,25,29H,19H2,1-2H3. The van der Waals surface area contributed by atoms with Crippen LogP contribution in [0.4, 0.5) is 5.69 Å². The zero-order valence-corrected chi connectivity index (χ0v) is 19.5. The van der Waals surface area contributed by atoms with Gasteiger partial charge in [0, 0.05) is 5.69 Å². The third-order valence-electron chi connectivity index (χ3n) is 6.46. The molecule has 168 valence electrons. The predicted molar refractivity (Wildman–Crippen MR) is 132 cm³/mol. The van der Waals surface area contributed by atoms with Crippen LogP contribution in [0.25, 0.3) is 0 Å². The van der Waals surface area contributed by atoms with Gasteiger partial charge < -0.3 is 10.1 Å². The van der Waals surface area contributed by atoms with Gasteiger partial charge in [-0.1, -0.05) is 66.2 Å². The predicted octanol–water partition coefficient (Wildman–Crippen LogP) is 5.47. The van der Waals surface area contributed by atoms with Crippen LogP contribution in [0, 0.1) is 6.92 Å². The summed E-state index contributed by atoms with van der Waals surface area (Å²) in [5, 5.41) is 3.61. The molecule has 5 rings (SSSR count). The smallest absolute Gasteiger partial charge is 0.205 e. The van der Waals surface area contributed by atoms with E-state index in [0.717, 1.165) is 16.8 Å². The average molecular weight is 458 g/mol. The van der Waals surface area contributed by atoms with Crippen molar-refractivity contribution in [2.24, 2.45) is 0 Å². The van der Waals surface area contributed by atoms with Crippen molar-refractivity contribution in [2.75, 3.05) is 5.32 Å². The number of hydrogen-bond donors (Lipinski definition) is 1. The van der Waals surface area contributed by atoms with Crippen LogP contribution in [0.2, 0.25) is 0 Å². The number of para-hydroxylation sites is 1. The molecule has 0 fully saturated rings. The molecule has 0 amide bonds. The largest absolute Gasteiger partial charge is 0.378 e. The van der Waals surface area contributed by atoms with Gasteiger partial charge in [0.05, 0.1) is 15.8 Å². The molecule has 0 spiro atoms. The summed E-state index contributed by atoms with van der Waals surface area (Å²) in [6.45, 7) is 3.77. The van der Waals surface area contributed by atoms with Crippen LogP contribution in [0.15, 0.2) is 113 Å². The number of benzene rings is 3. The van der Waals surface area contributed by atoms with Gasteiger partial charge in [0.15, 0.2) is 0 Å². The molecule has 3 aromatic rings. The topological polar surface area (TPSA) is 55.4 Å². The summed E-state index contributed by atoms with van der Waals surface area (Å²) in [5.74, 6) is 0. The molecule has 2 aliphatic heterocycles. The lowest BCUT2D eigenvalue weighted by molar-refractivity contribution is -0.0171. The van der Waals surface area contributed by atoms with E-state index in [2.05, 4.69) is 17.4 Å². The molecule has 5 heteroatoms. The average Bonchev–Trinajstić information content (AvgIpc) is 3.33. The number of anilines is 1. The Morgan fingerprint density at radius 1 is 0.879 bits per heavy atom. The number of hydrogen-bond acceptors (Lipinski definition) is 4. The van der Waals surface area contributed by atoms with E-state index in [-0.39, 0.29) is 10.9 Å². The van der Waals surface area contributed by atoms with Crippen LogP contribution < -0.4 is 5.32 Å². The maximum Gasteiger partial charge on any atom is 0.205 e. The van der Waals surface area contributed by atoms with Crippen LogP contribution in [-0.2, 0) is 21.0 Å². The molecule has 0 aliphatic carbocycles. The molecule has 0 saturated heterocycles. The fraction of sp³-hybridized carbons (Fsp3) is 0.214. The van der Waals surface area contributed by atoms with Crippen LogP contribution in [0.3, 0.4) is 0 Å². The van der Waals surface area contributed by atoms with Crippen molar-refractivity contribution in [2.45, 2.75) is 42.4 Å². The second-order valence-corrected chi connectivity index (χ2v) is 10.9. The number of nitrogens with one attached hydrogen (secondary N) is 1. The number of ether oxygens (including phenoxy) is 1. The van der Waals surface area contributed by atoms with Gasteiger partial charge in [0.2, 0.25) is 9.84 Å². The Morgan fingerprint density at radius 2 is 1.52 bits per heavy atom. The van der Waals surface area contributed by atoms with Gasteiger partial charge in [0.1, 0.15) is 11.2 Å². The minimum absolute atomic E-state index is 0.203. The fourth-order valence-corrected chi connectivity index (χ4v) is 6.40. The number of rotatable bonds is 7. The third kappa shape index (κ3) is 3.92. The van der Waals surface area contributed by atoms with E-state index < -0.39 is 21.0 Å². The van der Waals surface area contributed by atoms with E-state index in [1.807, 2.05) is 92.7 Å². The van der Waals surface area contributed by atoms with Gasteiger partial charge in [-0.15, -0.1) is 0 Å². The van der Waals surface area contributed by atoms with E-state index in [1.165, 1.54) is 0 Å². The van der Waals surface area contributed by atoms with Gasteiger partial charge >= 0.3 is 0 Å². The number of fused-ring (bicyclic) bond motifs is 2. The van der Waals surface area contributed by atoms with Crippen molar-refractivity contribution in [3.8, 4) is 0 Å². The van der Waals surface area contributed by atoms with E-state index in [9.17, 15) is 8.42 Å². The third-order valence-corrected chi connectivity index (χ3v) is 8.45. The fourth-order valence-electron chi connectivity index (χ4n) is 4.67.